The Hall–Kier alpha value is 1.07. The molecule has 2 N–H and O–H groups in total. The van der Waals surface area contributed by atoms with E-state index in [0.717, 1.165) is 19.0 Å². The summed E-state index contributed by atoms with van der Waals surface area (Å²) in [6.07, 6.45) is 2.49. The summed E-state index contributed by atoms with van der Waals surface area (Å²) in [6, 6.07) is 0. The third kappa shape index (κ3) is 4.94. The second kappa shape index (κ2) is 7.47. The number of nitrogens with zero attached hydrogens (tertiary/aromatic N) is 1. The van der Waals surface area contributed by atoms with E-state index in [1.54, 1.807) is 0 Å². The maximum absolute atomic E-state index is 4.89. The van der Waals surface area contributed by atoms with Crippen LogP contribution in [-0.2, 0) is 12.6 Å². The Morgan fingerprint density at radius 2 is 1.83 bits per heavy atom. The van der Waals surface area contributed by atoms with Crippen molar-refractivity contribution in [1.82, 2.24) is 4.90 Å². The smallest absolute Gasteiger partial charge is 0.412 e. The maximum atomic E-state index is 4.89. The monoisotopic (exact) mass is 215 g/mol. The molecule has 0 aromatic carbocycles. The van der Waals surface area contributed by atoms with Crippen molar-refractivity contribution in [2.45, 2.75) is 19.8 Å². The molecular weight excluding hydrogens is 201 g/mol. The zero-order valence-corrected chi connectivity index (χ0v) is 11.3. The molecule has 12 heavy (non-hydrogen) atoms. The van der Waals surface area contributed by atoms with Crippen LogP contribution in [0.3, 0.4) is 0 Å². The minimum Gasteiger partial charge on any atom is -0.412 e. The first kappa shape index (κ1) is 15.5. The largest absolute Gasteiger partial charge is 1.00 e. The Morgan fingerprint density at radius 1 is 1.42 bits per heavy atom. The van der Waals surface area contributed by atoms with Gasteiger partial charge >= 0.3 is 29.6 Å². The SMILES string of the molecule is CC1CCN(C(=S)[S-])CC1.O.[Na+]. The third-order valence-electron chi connectivity index (χ3n) is 2.04. The van der Waals surface area contributed by atoms with E-state index in [4.69, 9.17) is 24.8 Å². The van der Waals surface area contributed by atoms with E-state index in [1.807, 2.05) is 0 Å². The van der Waals surface area contributed by atoms with E-state index in [0.29, 0.717) is 4.32 Å². The first-order valence-corrected chi connectivity index (χ1v) is 4.47. The zero-order chi connectivity index (χ0) is 7.56. The van der Waals surface area contributed by atoms with Crippen LogP contribution in [0.25, 0.3) is 0 Å². The number of rotatable bonds is 0. The molecule has 66 valence electrons. The second-order valence-electron chi connectivity index (χ2n) is 2.94. The van der Waals surface area contributed by atoms with E-state index < -0.39 is 0 Å². The molecule has 0 saturated carbocycles. The first-order valence-electron chi connectivity index (χ1n) is 3.66. The van der Waals surface area contributed by atoms with Crippen LogP contribution >= 0.6 is 12.2 Å². The van der Waals surface area contributed by atoms with Crippen LogP contribution in [-0.4, -0.2) is 27.8 Å². The van der Waals surface area contributed by atoms with Crippen LogP contribution < -0.4 is 29.6 Å². The predicted molar refractivity (Wildman–Crippen MR) is 53.5 cm³/mol. The molecule has 1 rings (SSSR count). The fourth-order valence-electron chi connectivity index (χ4n) is 1.19. The third-order valence-corrected chi connectivity index (χ3v) is 2.56. The summed E-state index contributed by atoms with van der Waals surface area (Å²) < 4.78 is 0.645. The Morgan fingerprint density at radius 3 is 2.17 bits per heavy atom. The summed E-state index contributed by atoms with van der Waals surface area (Å²) in [5.74, 6) is 0.862. The van der Waals surface area contributed by atoms with Gasteiger partial charge in [-0.1, -0.05) is 11.2 Å². The van der Waals surface area contributed by atoms with Gasteiger partial charge in [-0.3, -0.25) is 0 Å². The molecule has 0 atom stereocenters. The van der Waals surface area contributed by atoms with E-state index in [1.165, 1.54) is 12.8 Å². The summed E-state index contributed by atoms with van der Waals surface area (Å²) in [7, 11) is 0. The summed E-state index contributed by atoms with van der Waals surface area (Å²) in [5.41, 5.74) is 0. The predicted octanol–water partition coefficient (Wildman–Crippen LogP) is -2.27. The molecule has 1 aliphatic rings. The first-order chi connectivity index (χ1) is 4.70. The van der Waals surface area contributed by atoms with Crippen molar-refractivity contribution in [3.63, 3.8) is 0 Å². The number of piperidine rings is 1. The second-order valence-corrected chi connectivity index (χ2v) is 3.97. The van der Waals surface area contributed by atoms with Crippen molar-refractivity contribution < 1.29 is 35.0 Å². The van der Waals surface area contributed by atoms with Gasteiger partial charge in [-0.15, -0.1) is 0 Å². The van der Waals surface area contributed by atoms with Crippen molar-refractivity contribution in [3.8, 4) is 0 Å². The molecule has 5 heteroatoms. The average molecular weight is 215 g/mol. The molecule has 0 amide bonds. The molecule has 0 unspecified atom stereocenters. The molecule has 1 aliphatic heterocycles. The van der Waals surface area contributed by atoms with Crippen LogP contribution in [0, 0.1) is 5.92 Å². The fourth-order valence-corrected chi connectivity index (χ4v) is 1.56. The van der Waals surface area contributed by atoms with Gasteiger partial charge in [0.1, 0.15) is 0 Å². The molecule has 1 fully saturated rings. The zero-order valence-electron chi connectivity index (χ0n) is 7.67. The maximum Gasteiger partial charge on any atom is 1.00 e. The Bertz CT molecular complexity index is 137. The normalized spacial score (nSPS) is 17.6. The van der Waals surface area contributed by atoms with Gasteiger partial charge in [-0.25, -0.2) is 0 Å². The van der Waals surface area contributed by atoms with Crippen LogP contribution in [0.15, 0.2) is 0 Å². The van der Waals surface area contributed by atoms with Crippen LogP contribution in [0.5, 0.6) is 0 Å². The molecule has 2 nitrogen and oxygen atoms in total. The van der Waals surface area contributed by atoms with E-state index >= 15 is 0 Å². The van der Waals surface area contributed by atoms with Crippen LogP contribution in [0.4, 0.5) is 0 Å². The Balaban J connectivity index is 0. The number of thiocarbonyl (C=S) groups is 1. The molecule has 0 radical (unpaired) electrons. The summed E-state index contributed by atoms with van der Waals surface area (Å²) in [5, 5.41) is 0. The van der Waals surface area contributed by atoms with Gasteiger partial charge in [0.05, 0.1) is 0 Å². The topological polar surface area (TPSA) is 34.7 Å². The van der Waals surface area contributed by atoms with Crippen molar-refractivity contribution in [2.75, 3.05) is 13.1 Å². The van der Waals surface area contributed by atoms with Crippen molar-refractivity contribution in [3.05, 3.63) is 0 Å². The van der Waals surface area contributed by atoms with Gasteiger partial charge in [0.25, 0.3) is 0 Å². The van der Waals surface area contributed by atoms with E-state index in [-0.39, 0.29) is 35.0 Å². The standard InChI is InChI=1S/C7H13NS2.Na.H2O/c1-6-2-4-8(5-3-6)7(9)10;;/h6H,2-5H2,1H3,(H,9,10);;1H2/q;+1;/p-1. The number of hydrogen-bond acceptors (Lipinski definition) is 2. The average Bonchev–Trinajstić information content (AvgIpc) is 1.88. The van der Waals surface area contributed by atoms with Gasteiger partial charge in [0.2, 0.25) is 0 Å². The van der Waals surface area contributed by atoms with Gasteiger partial charge in [-0.2, -0.15) is 0 Å². The Kier molecular flexibility index (Phi) is 9.67. The molecule has 0 aliphatic carbocycles. The fraction of sp³-hybridized carbons (Fsp3) is 0.857. The minimum atomic E-state index is 0. The molecule has 1 heterocycles. The molecule has 0 aromatic heterocycles. The molecule has 0 bridgehead atoms. The molecule has 0 aromatic rings. The number of likely N-dealkylation sites (tertiary alicyclic amines) is 1. The summed E-state index contributed by atoms with van der Waals surface area (Å²) >= 11 is 9.79. The van der Waals surface area contributed by atoms with Gasteiger partial charge < -0.3 is 35.2 Å². The Labute approximate surface area is 107 Å². The van der Waals surface area contributed by atoms with E-state index in [2.05, 4.69) is 11.8 Å². The molecular formula is C7H14NNaOS2. The quantitative estimate of drug-likeness (QED) is 0.260. The van der Waals surface area contributed by atoms with Crippen molar-refractivity contribution >= 4 is 29.2 Å². The van der Waals surface area contributed by atoms with Gasteiger partial charge in [0.15, 0.2) is 0 Å². The van der Waals surface area contributed by atoms with Crippen LogP contribution in [0.2, 0.25) is 0 Å². The number of hydrogen-bond donors (Lipinski definition) is 0. The van der Waals surface area contributed by atoms with Crippen molar-refractivity contribution in [2.24, 2.45) is 5.92 Å². The molecule has 1 saturated heterocycles. The van der Waals surface area contributed by atoms with E-state index in [9.17, 15) is 0 Å². The summed E-state index contributed by atoms with van der Waals surface area (Å²) in [4.78, 5) is 2.12. The van der Waals surface area contributed by atoms with Crippen LogP contribution in [0.1, 0.15) is 19.8 Å². The molecule has 0 spiro atoms. The summed E-state index contributed by atoms with van der Waals surface area (Å²) in [6.45, 7) is 4.43. The van der Waals surface area contributed by atoms with Crippen molar-refractivity contribution in [1.29, 1.82) is 0 Å². The van der Waals surface area contributed by atoms with Gasteiger partial charge in [-0.05, 0) is 18.8 Å². The minimum absolute atomic E-state index is 0. The van der Waals surface area contributed by atoms with Gasteiger partial charge in [0, 0.05) is 13.1 Å².